The first-order chi connectivity index (χ1) is 18.9. The van der Waals surface area contributed by atoms with Gasteiger partial charge in [0.15, 0.2) is 5.78 Å². The largest absolute Gasteiger partial charge is 0.444 e. The van der Waals surface area contributed by atoms with Gasteiger partial charge in [-0.1, -0.05) is 84.9 Å². The maximum atomic E-state index is 12.8. The van der Waals surface area contributed by atoms with Crippen molar-refractivity contribution in [1.82, 2.24) is 10.6 Å². The number of aryl methyl sites for hydroxylation is 1. The second-order valence-electron chi connectivity index (χ2n) is 10.1. The van der Waals surface area contributed by atoms with Crippen molar-refractivity contribution in [3.63, 3.8) is 0 Å². The van der Waals surface area contributed by atoms with E-state index >= 15 is 0 Å². The Kier molecular flexibility index (Phi) is 9.62. The smallest absolute Gasteiger partial charge is 0.413 e. The van der Waals surface area contributed by atoms with E-state index in [1.165, 1.54) is 5.56 Å². The van der Waals surface area contributed by atoms with E-state index in [4.69, 9.17) is 10.1 Å². The minimum atomic E-state index is -0.692. The molecule has 0 saturated heterocycles. The molecule has 3 aromatic carbocycles. The number of benzene rings is 3. The van der Waals surface area contributed by atoms with Crippen molar-refractivity contribution in [2.24, 2.45) is 5.92 Å². The number of alkyl carbamates (subject to hydrolysis) is 1. The molecule has 3 N–H and O–H groups in total. The van der Waals surface area contributed by atoms with Gasteiger partial charge in [0.1, 0.15) is 12.4 Å². The van der Waals surface area contributed by atoms with Crippen molar-refractivity contribution in [2.75, 3.05) is 0 Å². The number of ketones is 1. The highest BCUT2D eigenvalue weighted by atomic mass is 16.5. The van der Waals surface area contributed by atoms with Crippen molar-refractivity contribution in [3.05, 3.63) is 107 Å². The van der Waals surface area contributed by atoms with Crippen LogP contribution in [0.4, 0.5) is 4.79 Å². The molecule has 0 heterocycles. The molecule has 0 unspecified atom stereocenters. The molecule has 1 aliphatic rings. The molecular weight excluding hydrogens is 490 g/mol. The standard InChI is InChI=1S/C32H35N3O4/c1-22(34-31(37)28-18-17-27(20-28)25-10-6-3-7-11-25)29(36)19-14-23-12-15-26(16-13-23)30(33)35-32(38)39-21-24-8-4-2-5-9-24/h2-13,15-16,22,27-28H,14,17-21H2,1H3,(H,34,37)(H2,33,35,38)/t22-,27+,28+/m0/s1. The zero-order chi connectivity index (χ0) is 27.6. The van der Waals surface area contributed by atoms with E-state index < -0.39 is 12.1 Å². The van der Waals surface area contributed by atoms with Crippen LogP contribution < -0.4 is 10.6 Å². The lowest BCUT2D eigenvalue weighted by Crippen LogP contribution is -2.41. The molecular formula is C32H35N3O4. The number of nitrogens with one attached hydrogen (secondary N) is 3. The fourth-order valence-electron chi connectivity index (χ4n) is 4.91. The number of carbonyl (C=O) groups is 3. The predicted molar refractivity (Wildman–Crippen MR) is 150 cm³/mol. The Morgan fingerprint density at radius 3 is 2.26 bits per heavy atom. The number of hydrogen-bond acceptors (Lipinski definition) is 5. The van der Waals surface area contributed by atoms with Gasteiger partial charge in [0, 0.05) is 17.9 Å². The van der Waals surface area contributed by atoms with Crippen molar-refractivity contribution in [3.8, 4) is 0 Å². The Morgan fingerprint density at radius 2 is 1.56 bits per heavy atom. The van der Waals surface area contributed by atoms with E-state index in [0.29, 0.717) is 24.3 Å². The molecule has 0 aliphatic heterocycles. The topological polar surface area (TPSA) is 108 Å². The zero-order valence-corrected chi connectivity index (χ0v) is 22.2. The second kappa shape index (κ2) is 13.5. The van der Waals surface area contributed by atoms with Gasteiger partial charge < -0.3 is 10.1 Å². The fourth-order valence-corrected chi connectivity index (χ4v) is 4.91. The number of amides is 2. The van der Waals surface area contributed by atoms with Gasteiger partial charge in [-0.2, -0.15) is 0 Å². The minimum Gasteiger partial charge on any atom is -0.444 e. The first-order valence-electron chi connectivity index (χ1n) is 13.4. The van der Waals surface area contributed by atoms with E-state index in [-0.39, 0.29) is 30.1 Å². The van der Waals surface area contributed by atoms with Gasteiger partial charge in [0.2, 0.25) is 5.91 Å². The molecule has 202 valence electrons. The van der Waals surface area contributed by atoms with Gasteiger partial charge in [-0.05, 0) is 55.2 Å². The number of amidine groups is 1. The third kappa shape index (κ3) is 8.11. The first-order valence-corrected chi connectivity index (χ1v) is 13.4. The Morgan fingerprint density at radius 1 is 0.897 bits per heavy atom. The molecule has 3 aromatic rings. The summed E-state index contributed by atoms with van der Waals surface area (Å²) < 4.78 is 5.16. The highest BCUT2D eigenvalue weighted by molar-refractivity contribution is 6.04. The summed E-state index contributed by atoms with van der Waals surface area (Å²) in [6, 6.07) is 26.2. The summed E-state index contributed by atoms with van der Waals surface area (Å²) in [6.45, 7) is 1.87. The van der Waals surface area contributed by atoms with E-state index in [1.807, 2.05) is 60.7 Å². The molecule has 0 bridgehead atoms. The summed E-state index contributed by atoms with van der Waals surface area (Å²) in [5.41, 5.74) is 3.61. The predicted octanol–water partition coefficient (Wildman–Crippen LogP) is 5.53. The third-order valence-corrected chi connectivity index (χ3v) is 7.26. The highest BCUT2D eigenvalue weighted by Crippen LogP contribution is 2.38. The summed E-state index contributed by atoms with van der Waals surface area (Å²) >= 11 is 0. The van der Waals surface area contributed by atoms with Crippen LogP contribution in [0.2, 0.25) is 0 Å². The average Bonchev–Trinajstić information content (AvgIpc) is 3.47. The number of rotatable bonds is 10. The molecule has 1 saturated carbocycles. The van der Waals surface area contributed by atoms with Crippen LogP contribution in [-0.4, -0.2) is 29.7 Å². The normalized spacial score (nSPS) is 17.2. The monoisotopic (exact) mass is 525 g/mol. The van der Waals surface area contributed by atoms with Crippen LogP contribution in [0.5, 0.6) is 0 Å². The van der Waals surface area contributed by atoms with Crippen LogP contribution in [0.3, 0.4) is 0 Å². The highest BCUT2D eigenvalue weighted by Gasteiger charge is 2.31. The van der Waals surface area contributed by atoms with E-state index in [2.05, 4.69) is 22.8 Å². The van der Waals surface area contributed by atoms with Crippen molar-refractivity contribution in [1.29, 1.82) is 5.41 Å². The molecule has 0 radical (unpaired) electrons. The molecule has 4 rings (SSSR count). The molecule has 39 heavy (non-hydrogen) atoms. The lowest BCUT2D eigenvalue weighted by atomic mass is 9.96. The fraction of sp³-hybridized carbons (Fsp3) is 0.312. The summed E-state index contributed by atoms with van der Waals surface area (Å²) in [7, 11) is 0. The van der Waals surface area contributed by atoms with Crippen LogP contribution >= 0.6 is 0 Å². The summed E-state index contributed by atoms with van der Waals surface area (Å²) in [4.78, 5) is 37.5. The van der Waals surface area contributed by atoms with Crippen molar-refractivity contribution in [2.45, 2.75) is 57.6 Å². The van der Waals surface area contributed by atoms with Gasteiger partial charge in [-0.3, -0.25) is 20.3 Å². The van der Waals surface area contributed by atoms with Crippen molar-refractivity contribution >= 4 is 23.6 Å². The van der Waals surface area contributed by atoms with Gasteiger partial charge in [0.05, 0.1) is 6.04 Å². The summed E-state index contributed by atoms with van der Waals surface area (Å²) in [5, 5.41) is 13.5. The third-order valence-electron chi connectivity index (χ3n) is 7.26. The number of carbonyl (C=O) groups excluding carboxylic acids is 3. The molecule has 3 atom stereocenters. The van der Waals surface area contributed by atoms with Gasteiger partial charge >= 0.3 is 6.09 Å². The molecule has 1 fully saturated rings. The van der Waals surface area contributed by atoms with Gasteiger partial charge in [0.25, 0.3) is 0 Å². The lowest BCUT2D eigenvalue weighted by Gasteiger charge is -2.17. The number of Topliss-reactive ketones (excluding diaryl/α,β-unsaturated/α-hetero) is 1. The van der Waals surface area contributed by atoms with Crippen LogP contribution in [0.1, 0.15) is 60.8 Å². The van der Waals surface area contributed by atoms with Gasteiger partial charge in [-0.25, -0.2) is 4.79 Å². The zero-order valence-electron chi connectivity index (χ0n) is 22.2. The Balaban J connectivity index is 1.17. The van der Waals surface area contributed by atoms with Crippen LogP contribution in [0.15, 0.2) is 84.9 Å². The lowest BCUT2D eigenvalue weighted by molar-refractivity contribution is -0.129. The molecule has 7 heteroatoms. The first kappa shape index (κ1) is 27.8. The van der Waals surface area contributed by atoms with Crippen LogP contribution in [0, 0.1) is 11.3 Å². The van der Waals surface area contributed by atoms with Crippen molar-refractivity contribution < 1.29 is 19.1 Å². The molecule has 1 aliphatic carbocycles. The number of ether oxygens (including phenoxy) is 1. The van der Waals surface area contributed by atoms with Crippen LogP contribution in [-0.2, 0) is 27.4 Å². The van der Waals surface area contributed by atoms with E-state index in [1.54, 1.807) is 19.1 Å². The van der Waals surface area contributed by atoms with E-state index in [9.17, 15) is 14.4 Å². The Labute approximate surface area is 229 Å². The van der Waals surface area contributed by atoms with Gasteiger partial charge in [-0.15, -0.1) is 0 Å². The summed E-state index contributed by atoms with van der Waals surface area (Å²) in [6.07, 6.45) is 2.79. The molecule has 0 spiro atoms. The maximum Gasteiger partial charge on any atom is 0.413 e. The number of hydrogen-bond donors (Lipinski definition) is 3. The molecule has 7 nitrogen and oxygen atoms in total. The SMILES string of the molecule is C[C@H](NC(=O)[C@@H]1CC[C@@H](c2ccccc2)C1)C(=O)CCc1ccc(C(=N)NC(=O)OCc2ccccc2)cc1. The minimum absolute atomic E-state index is 0.0133. The molecule has 2 amide bonds. The maximum absolute atomic E-state index is 12.8. The van der Waals surface area contributed by atoms with Crippen LogP contribution in [0.25, 0.3) is 0 Å². The Hall–Kier alpha value is -4.26. The molecule has 0 aromatic heterocycles. The average molecular weight is 526 g/mol. The summed E-state index contributed by atoms with van der Waals surface area (Å²) in [5.74, 6) is 0.228. The Bertz CT molecular complexity index is 1280. The quantitative estimate of drug-likeness (QED) is 0.239. The second-order valence-corrected chi connectivity index (χ2v) is 10.1. The van der Waals surface area contributed by atoms with E-state index in [0.717, 1.165) is 30.4 Å².